The molecule has 19 heavy (non-hydrogen) atoms. The molecule has 1 aromatic rings. The van der Waals surface area contributed by atoms with Crippen molar-refractivity contribution in [3.8, 4) is 0 Å². The van der Waals surface area contributed by atoms with Crippen LogP contribution >= 0.6 is 0 Å². The van der Waals surface area contributed by atoms with Crippen LogP contribution < -0.4 is 5.32 Å². The minimum absolute atomic E-state index is 0.109. The van der Waals surface area contributed by atoms with Gasteiger partial charge in [0, 0.05) is 12.1 Å². The summed E-state index contributed by atoms with van der Waals surface area (Å²) >= 11 is 0. The molecule has 2 rings (SSSR count). The molecule has 0 aliphatic heterocycles. The molecule has 3 atom stereocenters. The smallest absolute Gasteiger partial charge is 0.309 e. The highest BCUT2D eigenvalue weighted by Crippen LogP contribution is 2.22. The van der Waals surface area contributed by atoms with Crippen molar-refractivity contribution in [1.82, 2.24) is 5.32 Å². The Morgan fingerprint density at radius 1 is 1.32 bits per heavy atom. The summed E-state index contributed by atoms with van der Waals surface area (Å²) in [6.45, 7) is 3.97. The van der Waals surface area contributed by atoms with Crippen molar-refractivity contribution in [1.29, 1.82) is 0 Å². The number of carbonyl (C=O) groups excluding carboxylic acids is 1. The van der Waals surface area contributed by atoms with E-state index < -0.39 is 0 Å². The summed E-state index contributed by atoms with van der Waals surface area (Å²) in [5.41, 5.74) is 2.90. The van der Waals surface area contributed by atoms with E-state index in [2.05, 4.69) is 36.5 Å². The van der Waals surface area contributed by atoms with Crippen LogP contribution in [-0.4, -0.2) is 25.2 Å². The minimum atomic E-state index is -0.142. The van der Waals surface area contributed by atoms with Crippen molar-refractivity contribution in [2.75, 3.05) is 7.11 Å². The Morgan fingerprint density at radius 3 is 2.68 bits per heavy atom. The molecular formula is C16H23NO2. The van der Waals surface area contributed by atoms with Crippen LogP contribution in [0.5, 0.6) is 0 Å². The number of methoxy groups -OCH3 is 1. The first kappa shape index (κ1) is 14.1. The number of fused-ring (bicyclic) bond motifs is 1. The number of ether oxygens (including phenoxy) is 1. The predicted octanol–water partition coefficient (Wildman–Crippen LogP) is 2.33. The normalized spacial score (nSPS) is 21.3. The molecule has 1 aliphatic carbocycles. The highest BCUT2D eigenvalue weighted by atomic mass is 16.5. The van der Waals surface area contributed by atoms with Gasteiger partial charge in [-0.05, 0) is 37.3 Å². The largest absolute Gasteiger partial charge is 0.469 e. The van der Waals surface area contributed by atoms with Crippen molar-refractivity contribution in [3.63, 3.8) is 0 Å². The number of benzene rings is 1. The summed E-state index contributed by atoms with van der Waals surface area (Å²) < 4.78 is 4.80. The Hall–Kier alpha value is -1.35. The van der Waals surface area contributed by atoms with E-state index in [-0.39, 0.29) is 17.9 Å². The summed E-state index contributed by atoms with van der Waals surface area (Å²) in [5, 5.41) is 3.57. The SMILES string of the molecule is COC(=O)C(C)C(C)NC1CCc2ccccc2C1. The van der Waals surface area contributed by atoms with Gasteiger partial charge in [0.1, 0.15) is 0 Å². The first-order valence-corrected chi connectivity index (χ1v) is 7.02. The quantitative estimate of drug-likeness (QED) is 0.845. The number of hydrogen-bond acceptors (Lipinski definition) is 3. The second kappa shape index (κ2) is 6.20. The number of nitrogens with one attached hydrogen (secondary N) is 1. The third kappa shape index (κ3) is 3.35. The zero-order chi connectivity index (χ0) is 13.8. The van der Waals surface area contributed by atoms with Crippen LogP contribution in [0.4, 0.5) is 0 Å². The lowest BCUT2D eigenvalue weighted by atomic mass is 9.87. The van der Waals surface area contributed by atoms with Gasteiger partial charge in [0.2, 0.25) is 0 Å². The fraction of sp³-hybridized carbons (Fsp3) is 0.562. The second-order valence-corrected chi connectivity index (χ2v) is 5.48. The average molecular weight is 261 g/mol. The molecular weight excluding hydrogens is 238 g/mol. The molecule has 0 amide bonds. The zero-order valence-electron chi connectivity index (χ0n) is 12.0. The van der Waals surface area contributed by atoms with E-state index in [0.29, 0.717) is 6.04 Å². The predicted molar refractivity (Wildman–Crippen MR) is 76.0 cm³/mol. The van der Waals surface area contributed by atoms with E-state index in [1.165, 1.54) is 18.2 Å². The standard InChI is InChI=1S/C16H23NO2/c1-11(16(18)19-3)12(2)17-15-9-8-13-6-4-5-7-14(13)10-15/h4-7,11-12,15,17H,8-10H2,1-3H3. The van der Waals surface area contributed by atoms with Gasteiger partial charge >= 0.3 is 5.97 Å². The van der Waals surface area contributed by atoms with Gasteiger partial charge < -0.3 is 10.1 Å². The lowest BCUT2D eigenvalue weighted by molar-refractivity contribution is -0.145. The lowest BCUT2D eigenvalue weighted by Gasteiger charge is -2.30. The first-order chi connectivity index (χ1) is 9.11. The van der Waals surface area contributed by atoms with Gasteiger partial charge in [-0.3, -0.25) is 4.79 Å². The van der Waals surface area contributed by atoms with Crippen LogP contribution in [0, 0.1) is 5.92 Å². The monoisotopic (exact) mass is 261 g/mol. The zero-order valence-corrected chi connectivity index (χ0v) is 12.0. The molecule has 3 unspecified atom stereocenters. The molecule has 3 heteroatoms. The lowest BCUT2D eigenvalue weighted by Crippen LogP contribution is -2.45. The maximum absolute atomic E-state index is 11.5. The number of carbonyl (C=O) groups is 1. The summed E-state index contributed by atoms with van der Waals surface area (Å²) in [6, 6.07) is 9.22. The number of hydrogen-bond donors (Lipinski definition) is 1. The topological polar surface area (TPSA) is 38.3 Å². The molecule has 0 saturated heterocycles. The Balaban J connectivity index is 1.93. The maximum atomic E-state index is 11.5. The van der Waals surface area contributed by atoms with Crippen molar-refractivity contribution >= 4 is 5.97 Å². The Morgan fingerprint density at radius 2 is 2.00 bits per heavy atom. The average Bonchev–Trinajstić information content (AvgIpc) is 2.45. The summed E-state index contributed by atoms with van der Waals surface area (Å²) in [7, 11) is 1.45. The van der Waals surface area contributed by atoms with E-state index >= 15 is 0 Å². The summed E-state index contributed by atoms with van der Waals surface area (Å²) in [4.78, 5) is 11.5. The first-order valence-electron chi connectivity index (χ1n) is 7.02. The van der Waals surface area contributed by atoms with Crippen LogP contribution in [0.1, 0.15) is 31.4 Å². The Labute approximate surface area is 115 Å². The molecule has 3 nitrogen and oxygen atoms in total. The van der Waals surface area contributed by atoms with Crippen LogP contribution in [0.25, 0.3) is 0 Å². The van der Waals surface area contributed by atoms with E-state index in [0.717, 1.165) is 19.3 Å². The summed E-state index contributed by atoms with van der Waals surface area (Å²) in [5.74, 6) is -0.252. The van der Waals surface area contributed by atoms with Gasteiger partial charge in [-0.2, -0.15) is 0 Å². The van der Waals surface area contributed by atoms with Crippen molar-refractivity contribution < 1.29 is 9.53 Å². The van der Waals surface area contributed by atoms with Crippen LogP contribution in [-0.2, 0) is 22.4 Å². The maximum Gasteiger partial charge on any atom is 0.309 e. The minimum Gasteiger partial charge on any atom is -0.469 e. The van der Waals surface area contributed by atoms with Gasteiger partial charge in [0.15, 0.2) is 0 Å². The molecule has 1 aromatic carbocycles. The van der Waals surface area contributed by atoms with Gasteiger partial charge in [-0.1, -0.05) is 31.2 Å². The van der Waals surface area contributed by atoms with Crippen LogP contribution in [0.2, 0.25) is 0 Å². The molecule has 1 N–H and O–H groups in total. The van der Waals surface area contributed by atoms with E-state index in [1.54, 1.807) is 0 Å². The third-order valence-electron chi connectivity index (χ3n) is 4.17. The molecule has 0 aromatic heterocycles. The molecule has 0 radical (unpaired) electrons. The van der Waals surface area contributed by atoms with Crippen LogP contribution in [0.15, 0.2) is 24.3 Å². The molecule has 0 saturated carbocycles. The Kier molecular flexibility index (Phi) is 4.59. The van der Waals surface area contributed by atoms with Gasteiger partial charge in [-0.15, -0.1) is 0 Å². The molecule has 0 heterocycles. The molecule has 104 valence electrons. The fourth-order valence-electron chi connectivity index (χ4n) is 2.75. The molecule has 0 bridgehead atoms. The van der Waals surface area contributed by atoms with E-state index in [9.17, 15) is 4.79 Å². The second-order valence-electron chi connectivity index (χ2n) is 5.48. The van der Waals surface area contributed by atoms with E-state index in [4.69, 9.17) is 4.74 Å². The summed E-state index contributed by atoms with van der Waals surface area (Å²) in [6.07, 6.45) is 3.30. The van der Waals surface area contributed by atoms with Crippen molar-refractivity contribution in [3.05, 3.63) is 35.4 Å². The van der Waals surface area contributed by atoms with Gasteiger partial charge in [0.25, 0.3) is 0 Å². The Bertz CT molecular complexity index is 444. The fourth-order valence-corrected chi connectivity index (χ4v) is 2.75. The number of rotatable bonds is 4. The third-order valence-corrected chi connectivity index (χ3v) is 4.17. The number of aryl methyl sites for hydroxylation is 1. The molecule has 0 fully saturated rings. The van der Waals surface area contributed by atoms with Crippen molar-refractivity contribution in [2.24, 2.45) is 5.92 Å². The highest BCUT2D eigenvalue weighted by molar-refractivity contribution is 5.72. The molecule has 1 aliphatic rings. The van der Waals surface area contributed by atoms with Crippen molar-refractivity contribution in [2.45, 2.75) is 45.2 Å². The number of esters is 1. The van der Waals surface area contributed by atoms with Gasteiger partial charge in [0.05, 0.1) is 13.0 Å². The highest BCUT2D eigenvalue weighted by Gasteiger charge is 2.25. The molecule has 0 spiro atoms. The van der Waals surface area contributed by atoms with Crippen LogP contribution in [0.3, 0.4) is 0 Å². The van der Waals surface area contributed by atoms with Gasteiger partial charge in [-0.25, -0.2) is 0 Å². The van der Waals surface area contributed by atoms with E-state index in [1.807, 2.05) is 6.92 Å².